The largest absolute Gasteiger partial charge is 0.381 e. The molecular weight excluding hydrogens is 555 g/mol. The Bertz CT molecular complexity index is 1390. The van der Waals surface area contributed by atoms with Crippen LogP contribution in [0.5, 0.6) is 0 Å². The van der Waals surface area contributed by atoms with Crippen LogP contribution in [0.1, 0.15) is 37.1 Å². The van der Waals surface area contributed by atoms with E-state index < -0.39 is 15.8 Å². The highest BCUT2D eigenvalue weighted by molar-refractivity contribution is 7.92. The number of aromatic nitrogens is 3. The molecule has 10 nitrogen and oxygen atoms in total. The Labute approximate surface area is 238 Å². The number of hydrogen-bond donors (Lipinski definition) is 2. The molecule has 4 heterocycles. The third-order valence-electron chi connectivity index (χ3n) is 6.91. The maximum atomic E-state index is 15.9. The summed E-state index contributed by atoms with van der Waals surface area (Å²) in [6, 6.07) is 6.49. The number of rotatable bonds is 11. The van der Waals surface area contributed by atoms with Gasteiger partial charge in [0.15, 0.2) is 5.82 Å². The van der Waals surface area contributed by atoms with Crippen LogP contribution in [0.3, 0.4) is 0 Å². The highest BCUT2D eigenvalue weighted by Crippen LogP contribution is 2.42. The lowest BCUT2D eigenvalue weighted by Gasteiger charge is -2.26. The van der Waals surface area contributed by atoms with Crippen LogP contribution in [-0.2, 0) is 19.5 Å². The minimum Gasteiger partial charge on any atom is -0.381 e. The number of morpholine rings is 1. The lowest BCUT2D eigenvalue weighted by atomic mass is 10.0. The van der Waals surface area contributed by atoms with Gasteiger partial charge in [-0.25, -0.2) is 27.8 Å². The third kappa shape index (κ3) is 7.13. The van der Waals surface area contributed by atoms with E-state index in [1.165, 1.54) is 17.4 Å². The molecule has 0 aliphatic carbocycles. The van der Waals surface area contributed by atoms with Gasteiger partial charge in [0.2, 0.25) is 16.0 Å². The number of ether oxygens (including phenoxy) is 2. The van der Waals surface area contributed by atoms with E-state index in [2.05, 4.69) is 19.9 Å². The summed E-state index contributed by atoms with van der Waals surface area (Å²) >= 11 is 1.49. The van der Waals surface area contributed by atoms with Crippen molar-refractivity contribution in [3.8, 4) is 21.8 Å². The van der Waals surface area contributed by atoms with Crippen molar-refractivity contribution in [2.75, 3.05) is 68.4 Å². The molecule has 0 bridgehead atoms. The van der Waals surface area contributed by atoms with Gasteiger partial charge in [0.1, 0.15) is 0 Å². The molecule has 0 spiro atoms. The van der Waals surface area contributed by atoms with Crippen molar-refractivity contribution in [3.05, 3.63) is 41.3 Å². The molecule has 0 atom stereocenters. The number of sulfonamides is 1. The normalized spacial score (nSPS) is 17.1. The molecule has 216 valence electrons. The Balaban J connectivity index is 1.46. The summed E-state index contributed by atoms with van der Waals surface area (Å²) in [5.74, 6) is -0.0626. The van der Waals surface area contributed by atoms with Crippen LogP contribution in [-0.4, -0.2) is 86.6 Å². The molecule has 40 heavy (non-hydrogen) atoms. The molecule has 1 aromatic carbocycles. The van der Waals surface area contributed by atoms with E-state index in [1.807, 2.05) is 0 Å². The quantitative estimate of drug-likeness (QED) is 0.339. The van der Waals surface area contributed by atoms with E-state index in [-0.39, 0.29) is 22.9 Å². The Hall–Kier alpha value is -2.71. The van der Waals surface area contributed by atoms with E-state index in [4.69, 9.17) is 19.4 Å². The molecule has 13 heteroatoms. The van der Waals surface area contributed by atoms with E-state index in [0.29, 0.717) is 48.4 Å². The molecule has 0 amide bonds. The van der Waals surface area contributed by atoms with Crippen molar-refractivity contribution < 1.29 is 22.3 Å². The Morgan fingerprint density at radius 3 is 2.65 bits per heavy atom. The van der Waals surface area contributed by atoms with Crippen molar-refractivity contribution >= 4 is 33.0 Å². The summed E-state index contributed by atoms with van der Waals surface area (Å²) in [4.78, 5) is 17.1. The molecule has 2 fully saturated rings. The van der Waals surface area contributed by atoms with Crippen LogP contribution in [0.2, 0.25) is 0 Å². The number of nitrogens with one attached hydrogen (secondary N) is 2. The average Bonchev–Trinajstić information content (AvgIpc) is 3.41. The number of nitrogens with zero attached hydrogens (tertiary/aromatic N) is 4. The summed E-state index contributed by atoms with van der Waals surface area (Å²) in [5, 5.41) is 4.20. The van der Waals surface area contributed by atoms with Crippen LogP contribution in [0.4, 0.5) is 16.0 Å². The summed E-state index contributed by atoms with van der Waals surface area (Å²) in [6.07, 6.45) is 3.79. The molecule has 0 unspecified atom stereocenters. The van der Waals surface area contributed by atoms with E-state index >= 15 is 4.39 Å². The van der Waals surface area contributed by atoms with Crippen LogP contribution in [0, 0.1) is 5.82 Å². The van der Waals surface area contributed by atoms with E-state index in [1.54, 1.807) is 31.3 Å². The first-order chi connectivity index (χ1) is 19.4. The molecule has 2 N–H and O–H groups in total. The summed E-state index contributed by atoms with van der Waals surface area (Å²) in [5.41, 5.74) is 1.21. The second kappa shape index (κ2) is 13.3. The second-order valence-corrected chi connectivity index (χ2v) is 12.7. The minimum absolute atomic E-state index is 0.0885. The summed E-state index contributed by atoms with van der Waals surface area (Å²) in [6.45, 7) is 7.90. The molecule has 2 saturated heterocycles. The van der Waals surface area contributed by atoms with Crippen LogP contribution < -0.4 is 10.0 Å². The van der Waals surface area contributed by atoms with Gasteiger partial charge in [0.05, 0.1) is 45.9 Å². The zero-order valence-corrected chi connectivity index (χ0v) is 24.2. The summed E-state index contributed by atoms with van der Waals surface area (Å²) < 4.78 is 54.0. The minimum atomic E-state index is -3.66. The van der Waals surface area contributed by atoms with E-state index in [0.717, 1.165) is 50.7 Å². The molecule has 0 saturated carbocycles. The monoisotopic (exact) mass is 590 g/mol. The zero-order valence-electron chi connectivity index (χ0n) is 22.6. The number of halogens is 1. The number of anilines is 2. The standard InChI is InChI=1S/C27H35FN6O4S2/c1-2-18-40(35,36)33-21-5-3-4-20(23(21)28)24-25(39-26(32-24)19-7-14-37-15-8-19)22-6-9-29-27(31-22)30-10-11-34-12-16-38-17-13-34/h3-6,9,19,33H,2,7-8,10-18H2,1H3,(H,29,30,31). The van der Waals surface area contributed by atoms with Gasteiger partial charge in [0, 0.05) is 57.1 Å². The first kappa shape index (κ1) is 28.8. The van der Waals surface area contributed by atoms with Gasteiger partial charge in [0.25, 0.3) is 0 Å². The van der Waals surface area contributed by atoms with Gasteiger partial charge < -0.3 is 14.8 Å². The smallest absolute Gasteiger partial charge is 0.232 e. The third-order valence-corrected chi connectivity index (χ3v) is 9.63. The van der Waals surface area contributed by atoms with Gasteiger partial charge in [-0.05, 0) is 37.5 Å². The fourth-order valence-corrected chi connectivity index (χ4v) is 7.17. The lowest BCUT2D eigenvalue weighted by Crippen LogP contribution is -2.39. The molecular formula is C27H35FN6O4S2. The van der Waals surface area contributed by atoms with Crippen molar-refractivity contribution in [1.82, 2.24) is 19.9 Å². The molecule has 2 aliphatic rings. The van der Waals surface area contributed by atoms with Gasteiger partial charge in [-0.1, -0.05) is 13.0 Å². The summed E-state index contributed by atoms with van der Waals surface area (Å²) in [7, 11) is -3.66. The van der Waals surface area contributed by atoms with Crippen LogP contribution in [0.15, 0.2) is 30.5 Å². The first-order valence-electron chi connectivity index (χ1n) is 13.7. The molecule has 3 aromatic rings. The van der Waals surface area contributed by atoms with Crippen molar-refractivity contribution in [2.24, 2.45) is 0 Å². The topological polar surface area (TPSA) is 119 Å². The Morgan fingerprint density at radius 2 is 1.88 bits per heavy atom. The highest BCUT2D eigenvalue weighted by atomic mass is 32.2. The maximum Gasteiger partial charge on any atom is 0.232 e. The van der Waals surface area contributed by atoms with Gasteiger partial charge in [-0.2, -0.15) is 0 Å². The molecule has 0 radical (unpaired) electrons. The average molecular weight is 591 g/mol. The van der Waals surface area contributed by atoms with Crippen LogP contribution in [0.25, 0.3) is 21.8 Å². The van der Waals surface area contributed by atoms with Gasteiger partial charge in [-0.15, -0.1) is 11.3 Å². The highest BCUT2D eigenvalue weighted by Gasteiger charge is 2.26. The Morgan fingerprint density at radius 1 is 1.10 bits per heavy atom. The maximum absolute atomic E-state index is 15.9. The first-order valence-corrected chi connectivity index (χ1v) is 16.2. The van der Waals surface area contributed by atoms with Crippen molar-refractivity contribution in [2.45, 2.75) is 32.1 Å². The SMILES string of the molecule is CCCS(=O)(=O)Nc1cccc(-c2nc(C3CCOCC3)sc2-c2ccnc(NCCN3CCOCC3)n2)c1F. The number of benzene rings is 1. The van der Waals surface area contributed by atoms with Gasteiger partial charge >= 0.3 is 0 Å². The lowest BCUT2D eigenvalue weighted by molar-refractivity contribution is 0.0398. The van der Waals surface area contributed by atoms with E-state index in [9.17, 15) is 8.42 Å². The molecule has 5 rings (SSSR count). The van der Waals surface area contributed by atoms with Crippen molar-refractivity contribution in [3.63, 3.8) is 0 Å². The fourth-order valence-electron chi connectivity index (χ4n) is 4.81. The zero-order chi connectivity index (χ0) is 28.0. The Kier molecular flexibility index (Phi) is 9.58. The van der Waals surface area contributed by atoms with Crippen molar-refractivity contribution in [1.29, 1.82) is 0 Å². The number of hydrogen-bond acceptors (Lipinski definition) is 10. The number of thiazole rings is 1. The van der Waals surface area contributed by atoms with Crippen LogP contribution >= 0.6 is 11.3 Å². The second-order valence-electron chi connectivity index (χ2n) is 9.85. The van der Waals surface area contributed by atoms with Gasteiger partial charge in [-0.3, -0.25) is 9.62 Å². The predicted molar refractivity (Wildman–Crippen MR) is 155 cm³/mol. The molecule has 2 aromatic heterocycles. The molecule has 2 aliphatic heterocycles. The fraction of sp³-hybridized carbons (Fsp3) is 0.519. The predicted octanol–water partition coefficient (Wildman–Crippen LogP) is 4.20.